The zero-order valence-corrected chi connectivity index (χ0v) is 15.4. The molecule has 140 valence electrons. The second-order valence-corrected chi connectivity index (χ2v) is 9.90. The van der Waals surface area contributed by atoms with Gasteiger partial charge in [-0.1, -0.05) is 0 Å². The Morgan fingerprint density at radius 2 is 1.56 bits per heavy atom. The van der Waals surface area contributed by atoms with E-state index >= 15 is 0 Å². The van der Waals surface area contributed by atoms with Crippen molar-refractivity contribution in [3.63, 3.8) is 0 Å². The molecule has 0 atom stereocenters. The Kier molecular flexibility index (Phi) is 5.83. The first-order valence-corrected chi connectivity index (χ1v) is 9.75. The van der Waals surface area contributed by atoms with Gasteiger partial charge in [-0.15, -0.1) is 0 Å². The summed E-state index contributed by atoms with van der Waals surface area (Å²) in [6, 6.07) is 2.66. The van der Waals surface area contributed by atoms with Gasteiger partial charge in [0.05, 0.1) is 4.75 Å². The molecule has 1 aliphatic rings. The number of amides is 1. The summed E-state index contributed by atoms with van der Waals surface area (Å²) < 4.78 is 52.5. The molecule has 0 radical (unpaired) electrons. The number of carbonyl (C=O) groups excluding carboxylic acids is 1. The highest BCUT2D eigenvalue weighted by Gasteiger charge is 2.34. The summed E-state index contributed by atoms with van der Waals surface area (Å²) in [6.45, 7) is 4.89. The number of hydrogen-bond acceptors (Lipinski definition) is 3. The molecule has 1 amide bonds. The van der Waals surface area contributed by atoms with E-state index in [0.717, 1.165) is 18.2 Å². The fourth-order valence-corrected chi connectivity index (χ4v) is 3.77. The van der Waals surface area contributed by atoms with Gasteiger partial charge in [-0.2, -0.15) is 0 Å². The molecule has 5 nitrogen and oxygen atoms in total. The van der Waals surface area contributed by atoms with Crippen LogP contribution in [0.1, 0.15) is 46.5 Å². The summed E-state index contributed by atoms with van der Waals surface area (Å²) >= 11 is 0. The average molecular weight is 374 g/mol. The largest absolute Gasteiger partial charge is 0.326 e. The summed E-state index contributed by atoms with van der Waals surface area (Å²) in [6.07, 6.45) is 2.12. The molecule has 2 N–H and O–H groups in total. The summed E-state index contributed by atoms with van der Waals surface area (Å²) in [7, 11) is -3.43. The van der Waals surface area contributed by atoms with Gasteiger partial charge in [-0.05, 0) is 58.6 Å². The zero-order chi connectivity index (χ0) is 18.8. The maximum atomic E-state index is 13.2. The minimum absolute atomic E-state index is 0.0815. The number of benzene rings is 1. The molecule has 2 rings (SSSR count). The minimum atomic E-state index is -3.43. The molecule has 1 fully saturated rings. The molecule has 0 spiro atoms. The topological polar surface area (TPSA) is 75.3 Å². The van der Waals surface area contributed by atoms with Crippen molar-refractivity contribution >= 4 is 21.6 Å². The van der Waals surface area contributed by atoms with E-state index in [4.69, 9.17) is 0 Å². The Morgan fingerprint density at radius 3 is 2.04 bits per heavy atom. The van der Waals surface area contributed by atoms with Crippen LogP contribution in [0.3, 0.4) is 0 Å². The molecular formula is C17H24F2N2O3S. The molecule has 0 unspecified atom stereocenters. The Balaban J connectivity index is 1.90. The van der Waals surface area contributed by atoms with E-state index < -0.39 is 26.4 Å². The van der Waals surface area contributed by atoms with E-state index in [1.165, 1.54) is 0 Å². The van der Waals surface area contributed by atoms with Crippen molar-refractivity contribution in [2.45, 2.75) is 57.2 Å². The van der Waals surface area contributed by atoms with E-state index in [1.807, 2.05) is 0 Å². The predicted octanol–water partition coefficient (Wildman–Crippen LogP) is 3.18. The highest BCUT2D eigenvalue weighted by molar-refractivity contribution is 7.90. The molecule has 1 aliphatic carbocycles. The van der Waals surface area contributed by atoms with Crippen LogP contribution in [-0.2, 0) is 14.8 Å². The maximum Gasteiger partial charge on any atom is 0.227 e. The second-order valence-electron chi connectivity index (χ2n) is 7.43. The minimum Gasteiger partial charge on any atom is -0.326 e. The molecule has 0 bridgehead atoms. The van der Waals surface area contributed by atoms with Gasteiger partial charge in [-0.25, -0.2) is 21.9 Å². The molecule has 1 saturated carbocycles. The van der Waals surface area contributed by atoms with Crippen LogP contribution in [0.5, 0.6) is 0 Å². The molecular weight excluding hydrogens is 350 g/mol. The first-order chi connectivity index (χ1) is 11.5. The van der Waals surface area contributed by atoms with Gasteiger partial charge in [0.25, 0.3) is 0 Å². The van der Waals surface area contributed by atoms with Crippen LogP contribution in [0.2, 0.25) is 0 Å². The van der Waals surface area contributed by atoms with Gasteiger partial charge in [0.1, 0.15) is 11.6 Å². The lowest BCUT2D eigenvalue weighted by Crippen LogP contribution is -2.46. The number of hydrogen-bond donors (Lipinski definition) is 2. The van der Waals surface area contributed by atoms with Crippen molar-refractivity contribution in [2.75, 3.05) is 5.32 Å². The third-order valence-corrected chi connectivity index (χ3v) is 6.61. The number of sulfonamides is 1. The van der Waals surface area contributed by atoms with E-state index in [-0.39, 0.29) is 23.6 Å². The van der Waals surface area contributed by atoms with Crippen LogP contribution in [0.4, 0.5) is 14.5 Å². The van der Waals surface area contributed by atoms with Crippen molar-refractivity contribution in [3.8, 4) is 0 Å². The quantitative estimate of drug-likeness (QED) is 0.850. The summed E-state index contributed by atoms with van der Waals surface area (Å²) in [4.78, 5) is 12.2. The first-order valence-electron chi connectivity index (χ1n) is 8.27. The average Bonchev–Trinajstić information content (AvgIpc) is 2.45. The monoisotopic (exact) mass is 374 g/mol. The molecule has 0 heterocycles. The molecule has 25 heavy (non-hydrogen) atoms. The highest BCUT2D eigenvalue weighted by Crippen LogP contribution is 2.27. The lowest BCUT2D eigenvalue weighted by molar-refractivity contribution is -0.120. The number of rotatable bonds is 4. The third-order valence-electron chi connectivity index (χ3n) is 4.36. The van der Waals surface area contributed by atoms with Crippen LogP contribution in [0, 0.1) is 17.6 Å². The smallest absolute Gasteiger partial charge is 0.227 e. The summed E-state index contributed by atoms with van der Waals surface area (Å²) in [5.74, 6) is -2.12. The Labute approximate surface area is 147 Å². The predicted molar refractivity (Wildman–Crippen MR) is 92.5 cm³/mol. The Bertz CT molecular complexity index is 717. The van der Waals surface area contributed by atoms with Gasteiger partial charge < -0.3 is 5.32 Å². The molecule has 1 aromatic carbocycles. The van der Waals surface area contributed by atoms with Gasteiger partial charge >= 0.3 is 0 Å². The number of halogens is 2. The van der Waals surface area contributed by atoms with Crippen LogP contribution >= 0.6 is 0 Å². The normalized spacial score (nSPS) is 21.8. The van der Waals surface area contributed by atoms with Crippen LogP contribution in [0.15, 0.2) is 18.2 Å². The molecule has 8 heteroatoms. The van der Waals surface area contributed by atoms with E-state index in [9.17, 15) is 22.0 Å². The molecule has 0 saturated heterocycles. The summed E-state index contributed by atoms with van der Waals surface area (Å²) in [5.41, 5.74) is 0.0815. The maximum absolute atomic E-state index is 13.2. The first kappa shape index (κ1) is 19.8. The number of carbonyl (C=O) groups is 1. The number of anilines is 1. The van der Waals surface area contributed by atoms with Crippen molar-refractivity contribution < 1.29 is 22.0 Å². The van der Waals surface area contributed by atoms with Crippen molar-refractivity contribution in [3.05, 3.63) is 29.8 Å². The molecule has 0 aliphatic heterocycles. The second kappa shape index (κ2) is 7.37. The summed E-state index contributed by atoms with van der Waals surface area (Å²) in [5, 5.41) is 2.52. The SMILES string of the molecule is CC(C)(C)S(=O)(=O)NC1CCC(C(=O)Nc2cc(F)cc(F)c2)CC1. The van der Waals surface area contributed by atoms with E-state index in [0.29, 0.717) is 25.7 Å². The van der Waals surface area contributed by atoms with Gasteiger partial charge in [0.2, 0.25) is 15.9 Å². The van der Waals surface area contributed by atoms with E-state index in [1.54, 1.807) is 20.8 Å². The third kappa shape index (κ3) is 5.22. The van der Waals surface area contributed by atoms with E-state index in [2.05, 4.69) is 10.0 Å². The highest BCUT2D eigenvalue weighted by atomic mass is 32.2. The fourth-order valence-electron chi connectivity index (χ4n) is 2.74. The van der Waals surface area contributed by atoms with Gasteiger partial charge in [-0.3, -0.25) is 4.79 Å². The fraction of sp³-hybridized carbons (Fsp3) is 0.588. The van der Waals surface area contributed by atoms with Crippen molar-refractivity contribution in [1.29, 1.82) is 0 Å². The van der Waals surface area contributed by atoms with Crippen molar-refractivity contribution in [2.24, 2.45) is 5.92 Å². The standard InChI is InChI=1S/C17H24F2N2O3S/c1-17(2,3)25(23,24)21-14-6-4-11(5-7-14)16(22)20-15-9-12(18)8-13(19)10-15/h8-11,14,21H,4-7H2,1-3H3,(H,20,22). The van der Waals surface area contributed by atoms with Crippen LogP contribution < -0.4 is 10.0 Å². The van der Waals surface area contributed by atoms with Crippen LogP contribution in [-0.4, -0.2) is 25.1 Å². The number of nitrogens with one attached hydrogen (secondary N) is 2. The Morgan fingerprint density at radius 1 is 1.04 bits per heavy atom. The van der Waals surface area contributed by atoms with Crippen LogP contribution in [0.25, 0.3) is 0 Å². The Hall–Kier alpha value is -1.54. The lowest BCUT2D eigenvalue weighted by Gasteiger charge is -2.30. The zero-order valence-electron chi connectivity index (χ0n) is 14.6. The van der Waals surface area contributed by atoms with Gasteiger partial charge in [0.15, 0.2) is 0 Å². The molecule has 1 aromatic rings. The molecule has 0 aromatic heterocycles. The van der Waals surface area contributed by atoms with Crippen molar-refractivity contribution in [1.82, 2.24) is 4.72 Å². The van der Waals surface area contributed by atoms with Gasteiger partial charge in [0, 0.05) is 23.7 Å². The lowest BCUT2D eigenvalue weighted by atomic mass is 9.86.